The lowest BCUT2D eigenvalue weighted by molar-refractivity contribution is -0.139. The summed E-state index contributed by atoms with van der Waals surface area (Å²) in [6, 6.07) is 14.9. The number of hydrogen-bond donors (Lipinski definition) is 4. The number of unbranched alkanes of at least 4 members (excludes halogenated alkanes) is 1. The molecule has 0 saturated carbocycles. The number of alkyl carbamates (subject to hydrolysis) is 1. The van der Waals surface area contributed by atoms with Gasteiger partial charge in [-0.25, -0.2) is 9.59 Å². The molecule has 4 N–H and O–H groups in total. The molecule has 1 aliphatic rings. The zero-order chi connectivity index (χ0) is 26.6. The monoisotopic (exact) mass is 527 g/mol. The maximum absolute atomic E-state index is 12.4. The van der Waals surface area contributed by atoms with Gasteiger partial charge in [0.05, 0.1) is 5.88 Å². The lowest BCUT2D eigenvalue weighted by atomic mass is 9.98. The number of carbonyl (C=O) groups is 4. The summed E-state index contributed by atoms with van der Waals surface area (Å²) >= 11 is 1.46. The third-order valence-electron chi connectivity index (χ3n) is 6.07. The minimum Gasteiger partial charge on any atom is -0.480 e. The van der Waals surface area contributed by atoms with E-state index in [4.69, 9.17) is 4.74 Å². The van der Waals surface area contributed by atoms with Crippen LogP contribution in [0.25, 0.3) is 11.1 Å². The van der Waals surface area contributed by atoms with E-state index in [1.165, 1.54) is 18.7 Å². The summed E-state index contributed by atoms with van der Waals surface area (Å²) in [5, 5.41) is 17.4. The molecule has 0 aliphatic heterocycles. The van der Waals surface area contributed by atoms with Crippen molar-refractivity contribution in [3.05, 3.63) is 59.7 Å². The highest BCUT2D eigenvalue weighted by Gasteiger charge is 2.29. The Balaban J connectivity index is 1.36. The van der Waals surface area contributed by atoms with Gasteiger partial charge < -0.3 is 25.8 Å². The molecule has 10 heteroatoms. The smallest absolute Gasteiger partial charge is 0.407 e. The minimum absolute atomic E-state index is 0.0955. The molecule has 0 unspecified atom stereocenters. The summed E-state index contributed by atoms with van der Waals surface area (Å²) < 4.78 is 5.45. The molecule has 0 aromatic heterocycles. The molecule has 37 heavy (non-hydrogen) atoms. The second kappa shape index (κ2) is 14.3. The molecule has 0 fully saturated rings. The minimum atomic E-state index is -1.13. The van der Waals surface area contributed by atoms with E-state index < -0.39 is 18.1 Å². The molecular formula is C27H33N3O6S. The van der Waals surface area contributed by atoms with Gasteiger partial charge in [0.2, 0.25) is 11.8 Å². The van der Waals surface area contributed by atoms with Crippen LogP contribution in [-0.2, 0) is 19.1 Å². The maximum Gasteiger partial charge on any atom is 0.407 e. The molecule has 1 atom stereocenters. The largest absolute Gasteiger partial charge is 0.480 e. The summed E-state index contributed by atoms with van der Waals surface area (Å²) in [4.78, 5) is 46.7. The normalized spacial score (nSPS) is 12.7. The van der Waals surface area contributed by atoms with Gasteiger partial charge >= 0.3 is 12.1 Å². The highest BCUT2D eigenvalue weighted by Crippen LogP contribution is 2.44. The van der Waals surface area contributed by atoms with Gasteiger partial charge in [-0.2, -0.15) is 0 Å². The Hall–Kier alpha value is -3.53. The molecule has 0 radical (unpaired) electrons. The van der Waals surface area contributed by atoms with Gasteiger partial charge in [0.1, 0.15) is 12.6 Å². The molecule has 0 spiro atoms. The van der Waals surface area contributed by atoms with E-state index in [0.29, 0.717) is 37.4 Å². The number of hydrogen-bond acceptors (Lipinski definition) is 6. The Kier molecular flexibility index (Phi) is 10.8. The molecule has 3 rings (SSSR count). The van der Waals surface area contributed by atoms with Crippen molar-refractivity contribution < 1.29 is 29.0 Å². The average molecular weight is 528 g/mol. The van der Waals surface area contributed by atoms with Crippen LogP contribution in [0.15, 0.2) is 48.5 Å². The number of rotatable bonds is 14. The van der Waals surface area contributed by atoms with Gasteiger partial charge in [0.25, 0.3) is 0 Å². The summed E-state index contributed by atoms with van der Waals surface area (Å²) in [6.07, 6.45) is 0.895. The summed E-state index contributed by atoms with van der Waals surface area (Å²) in [5.74, 6) is -0.373. The Labute approximate surface area is 220 Å². The van der Waals surface area contributed by atoms with E-state index in [9.17, 15) is 24.3 Å². The Morgan fingerprint density at radius 2 is 1.62 bits per heavy atom. The van der Waals surface area contributed by atoms with Gasteiger partial charge in [-0.15, -0.1) is 11.8 Å². The van der Waals surface area contributed by atoms with Crippen molar-refractivity contribution in [3.8, 4) is 11.1 Å². The third kappa shape index (κ3) is 8.52. The molecule has 1 aliphatic carbocycles. The molecule has 3 amide bonds. The molecule has 0 bridgehead atoms. The number of amides is 3. The van der Waals surface area contributed by atoms with E-state index in [1.807, 2.05) is 48.5 Å². The van der Waals surface area contributed by atoms with Gasteiger partial charge in [-0.05, 0) is 41.5 Å². The number of aliphatic carboxylic acids is 1. The maximum atomic E-state index is 12.4. The number of thioether (sulfide) groups is 1. The highest BCUT2D eigenvalue weighted by molar-refractivity contribution is 7.99. The van der Waals surface area contributed by atoms with Gasteiger partial charge in [-0.1, -0.05) is 48.5 Å². The van der Waals surface area contributed by atoms with Gasteiger partial charge in [0.15, 0.2) is 0 Å². The number of nitrogens with one attached hydrogen (secondary N) is 3. The van der Waals surface area contributed by atoms with Crippen LogP contribution in [0, 0.1) is 0 Å². The van der Waals surface area contributed by atoms with Crippen LogP contribution in [0.5, 0.6) is 0 Å². The lowest BCUT2D eigenvalue weighted by Gasteiger charge is -2.17. The summed E-state index contributed by atoms with van der Waals surface area (Å²) in [6.45, 7) is 1.98. The zero-order valence-electron chi connectivity index (χ0n) is 20.8. The molecule has 2 aromatic carbocycles. The summed E-state index contributed by atoms with van der Waals surface area (Å²) in [5.41, 5.74) is 4.40. The number of ether oxygens (including phenoxy) is 1. The van der Waals surface area contributed by atoms with E-state index in [1.54, 1.807) is 0 Å². The van der Waals surface area contributed by atoms with E-state index in [2.05, 4.69) is 16.0 Å². The number of carboxylic acid groups (broad SMARTS) is 1. The predicted molar refractivity (Wildman–Crippen MR) is 142 cm³/mol. The quantitative estimate of drug-likeness (QED) is 0.218. The van der Waals surface area contributed by atoms with Crippen LogP contribution < -0.4 is 16.0 Å². The third-order valence-corrected chi connectivity index (χ3v) is 6.91. The molecule has 198 valence electrons. The van der Waals surface area contributed by atoms with Crippen molar-refractivity contribution in [2.75, 3.05) is 24.8 Å². The number of benzene rings is 2. The molecule has 0 heterocycles. The van der Waals surface area contributed by atoms with Crippen LogP contribution in [0.3, 0.4) is 0 Å². The molecule has 0 saturated heterocycles. The van der Waals surface area contributed by atoms with Crippen LogP contribution in [0.2, 0.25) is 0 Å². The van der Waals surface area contributed by atoms with E-state index >= 15 is 0 Å². The molecule has 9 nitrogen and oxygen atoms in total. The van der Waals surface area contributed by atoms with Crippen molar-refractivity contribution in [1.82, 2.24) is 16.0 Å². The van der Waals surface area contributed by atoms with E-state index in [-0.39, 0.29) is 30.8 Å². The first-order chi connectivity index (χ1) is 17.9. The Morgan fingerprint density at radius 1 is 0.973 bits per heavy atom. The molecule has 2 aromatic rings. The lowest BCUT2D eigenvalue weighted by Crippen LogP contribution is -2.41. The van der Waals surface area contributed by atoms with Crippen LogP contribution in [0.1, 0.15) is 49.7 Å². The van der Waals surface area contributed by atoms with Gasteiger partial charge in [-0.3, -0.25) is 9.59 Å². The van der Waals surface area contributed by atoms with Crippen LogP contribution in [-0.4, -0.2) is 59.8 Å². The molecular weight excluding hydrogens is 494 g/mol. The van der Waals surface area contributed by atoms with Crippen molar-refractivity contribution in [1.29, 1.82) is 0 Å². The standard InChI is InChI=1S/C27H33N3O6S/c1-18(31)29-17-37-15-13-25(32)28-14-7-6-12-24(26(33)34)30-27(35)36-16-23-21-10-4-2-8-19(21)20-9-3-5-11-22(20)23/h2-5,8-11,23-24H,6-7,12-17H2,1H3,(H,28,32)(H,29,31)(H,30,35)(H,33,34)/t24-/m0/s1. The van der Waals surface area contributed by atoms with Crippen LogP contribution in [0.4, 0.5) is 4.79 Å². The average Bonchev–Trinajstić information content (AvgIpc) is 3.19. The Morgan fingerprint density at radius 3 is 2.24 bits per heavy atom. The zero-order valence-corrected chi connectivity index (χ0v) is 21.6. The fourth-order valence-electron chi connectivity index (χ4n) is 4.22. The van der Waals surface area contributed by atoms with Crippen molar-refractivity contribution in [2.24, 2.45) is 0 Å². The topological polar surface area (TPSA) is 134 Å². The number of fused-ring (bicyclic) bond motifs is 3. The van der Waals surface area contributed by atoms with Crippen molar-refractivity contribution in [2.45, 2.75) is 44.6 Å². The predicted octanol–water partition coefficient (Wildman–Crippen LogP) is 3.48. The van der Waals surface area contributed by atoms with Crippen molar-refractivity contribution >= 4 is 35.6 Å². The fourth-order valence-corrected chi connectivity index (χ4v) is 5.00. The first-order valence-corrected chi connectivity index (χ1v) is 13.5. The second-order valence-corrected chi connectivity index (χ2v) is 9.85. The van der Waals surface area contributed by atoms with Crippen LogP contribution >= 0.6 is 11.8 Å². The highest BCUT2D eigenvalue weighted by atomic mass is 32.2. The van der Waals surface area contributed by atoms with Gasteiger partial charge in [0, 0.05) is 31.6 Å². The van der Waals surface area contributed by atoms with Crippen molar-refractivity contribution in [3.63, 3.8) is 0 Å². The summed E-state index contributed by atoms with van der Waals surface area (Å²) in [7, 11) is 0. The fraction of sp³-hybridized carbons (Fsp3) is 0.407. The first-order valence-electron chi connectivity index (χ1n) is 12.3. The first kappa shape index (κ1) is 28.0. The van der Waals surface area contributed by atoms with E-state index in [0.717, 1.165) is 22.3 Å². The number of carboxylic acids is 1. The SMILES string of the molecule is CC(=O)NCSCCC(=O)NCCCC[C@H](NC(=O)OCC1c2ccccc2-c2ccccc21)C(=O)O. The number of carbonyl (C=O) groups excluding carboxylic acids is 3. The second-order valence-electron chi connectivity index (χ2n) is 8.74. The Bertz CT molecular complexity index is 1060.